The summed E-state index contributed by atoms with van der Waals surface area (Å²) in [6, 6.07) is 14.9. The maximum absolute atomic E-state index is 12.1. The second-order valence-corrected chi connectivity index (χ2v) is 5.01. The molecule has 5 heteroatoms. The van der Waals surface area contributed by atoms with Crippen molar-refractivity contribution in [3.63, 3.8) is 0 Å². The van der Waals surface area contributed by atoms with Gasteiger partial charge >= 0.3 is 5.97 Å². The molecule has 1 saturated heterocycles. The molecule has 0 amide bonds. The first-order chi connectivity index (χ1) is 11.2. The van der Waals surface area contributed by atoms with E-state index in [9.17, 15) is 4.79 Å². The lowest BCUT2D eigenvalue weighted by Gasteiger charge is -2.09. The minimum atomic E-state index is -0.473. The van der Waals surface area contributed by atoms with Gasteiger partial charge in [0.1, 0.15) is 17.2 Å². The number of carbonyl (C=O) groups is 1. The zero-order valence-corrected chi connectivity index (χ0v) is 12.9. The fourth-order valence-corrected chi connectivity index (χ4v) is 2.37. The molecule has 1 fully saturated rings. The van der Waals surface area contributed by atoms with E-state index in [1.54, 1.807) is 26.4 Å². The normalized spacial score (nSPS) is 18.4. The van der Waals surface area contributed by atoms with Crippen molar-refractivity contribution in [2.45, 2.75) is 6.23 Å². The van der Waals surface area contributed by atoms with Crippen LogP contribution in [0.25, 0.3) is 6.08 Å². The first kappa shape index (κ1) is 15.0. The predicted octanol–water partition coefficient (Wildman–Crippen LogP) is 2.89. The van der Waals surface area contributed by atoms with Gasteiger partial charge in [0.15, 0.2) is 6.23 Å². The quantitative estimate of drug-likeness (QED) is 0.695. The van der Waals surface area contributed by atoms with Gasteiger partial charge in [0.2, 0.25) is 0 Å². The van der Waals surface area contributed by atoms with Crippen LogP contribution in [-0.4, -0.2) is 20.2 Å². The standard InChI is InChI=1S/C18H17NO4/c1-21-14-9-8-13(16(11-14)22-2)10-15-18(20)23-17(19-15)12-6-4-3-5-7-12/h3-11,17,19H,1-2H3/b15-10+. The van der Waals surface area contributed by atoms with Crippen LogP contribution in [0.15, 0.2) is 54.2 Å². The number of benzene rings is 2. The predicted molar refractivity (Wildman–Crippen MR) is 85.9 cm³/mol. The van der Waals surface area contributed by atoms with Gasteiger partial charge in [-0.25, -0.2) is 4.79 Å². The van der Waals surface area contributed by atoms with E-state index < -0.39 is 12.2 Å². The Bertz CT molecular complexity index is 740. The summed E-state index contributed by atoms with van der Waals surface area (Å²) in [5.74, 6) is 0.916. The summed E-state index contributed by atoms with van der Waals surface area (Å²) in [6.07, 6.45) is 1.24. The molecule has 1 aliphatic rings. The van der Waals surface area contributed by atoms with Gasteiger partial charge in [-0.1, -0.05) is 30.3 Å². The van der Waals surface area contributed by atoms with Crippen LogP contribution < -0.4 is 14.8 Å². The van der Waals surface area contributed by atoms with Crippen LogP contribution in [0.3, 0.4) is 0 Å². The van der Waals surface area contributed by atoms with Gasteiger partial charge in [-0.15, -0.1) is 0 Å². The lowest BCUT2D eigenvalue weighted by atomic mass is 10.1. The summed E-state index contributed by atoms with van der Waals surface area (Å²) in [5, 5.41) is 3.09. The minimum absolute atomic E-state index is 0.391. The molecule has 0 aliphatic carbocycles. The summed E-state index contributed by atoms with van der Waals surface area (Å²) in [4.78, 5) is 12.1. The van der Waals surface area contributed by atoms with Gasteiger partial charge in [-0.3, -0.25) is 0 Å². The van der Waals surface area contributed by atoms with Crippen molar-refractivity contribution in [1.82, 2.24) is 5.32 Å². The van der Waals surface area contributed by atoms with E-state index >= 15 is 0 Å². The zero-order chi connectivity index (χ0) is 16.2. The smallest absolute Gasteiger partial charge is 0.356 e. The van der Waals surface area contributed by atoms with Crippen LogP contribution in [0.2, 0.25) is 0 Å². The van der Waals surface area contributed by atoms with Crippen molar-refractivity contribution in [2.24, 2.45) is 0 Å². The topological polar surface area (TPSA) is 56.8 Å². The van der Waals surface area contributed by atoms with Crippen LogP contribution in [0.1, 0.15) is 17.4 Å². The second kappa shape index (κ2) is 6.44. The lowest BCUT2D eigenvalue weighted by Crippen LogP contribution is -2.12. The average molecular weight is 311 g/mol. The van der Waals surface area contributed by atoms with Gasteiger partial charge in [-0.2, -0.15) is 0 Å². The Labute approximate surface area is 134 Å². The molecular weight excluding hydrogens is 294 g/mol. The van der Waals surface area contributed by atoms with E-state index in [1.807, 2.05) is 42.5 Å². The molecule has 1 atom stereocenters. The number of nitrogens with one attached hydrogen (secondary N) is 1. The number of carbonyl (C=O) groups excluding carboxylic acids is 1. The molecule has 1 aliphatic heterocycles. The van der Waals surface area contributed by atoms with E-state index in [1.165, 1.54) is 0 Å². The van der Waals surface area contributed by atoms with Crippen molar-refractivity contribution in [2.75, 3.05) is 14.2 Å². The van der Waals surface area contributed by atoms with Crippen molar-refractivity contribution >= 4 is 12.0 Å². The largest absolute Gasteiger partial charge is 0.497 e. The molecule has 1 N–H and O–H groups in total. The number of hydrogen-bond acceptors (Lipinski definition) is 5. The molecule has 1 heterocycles. The minimum Gasteiger partial charge on any atom is -0.497 e. The van der Waals surface area contributed by atoms with Gasteiger partial charge in [0, 0.05) is 17.2 Å². The summed E-state index contributed by atoms with van der Waals surface area (Å²) in [7, 11) is 3.16. The summed E-state index contributed by atoms with van der Waals surface area (Å²) in [6.45, 7) is 0. The monoisotopic (exact) mass is 311 g/mol. The maximum atomic E-state index is 12.1. The molecule has 0 saturated carbocycles. The second-order valence-electron chi connectivity index (χ2n) is 5.01. The number of ether oxygens (including phenoxy) is 3. The van der Waals surface area contributed by atoms with E-state index in [4.69, 9.17) is 14.2 Å². The Morgan fingerprint density at radius 1 is 1.09 bits per heavy atom. The molecule has 2 aromatic rings. The highest BCUT2D eigenvalue weighted by Gasteiger charge is 2.29. The fourth-order valence-electron chi connectivity index (χ4n) is 2.37. The van der Waals surface area contributed by atoms with E-state index in [-0.39, 0.29) is 0 Å². The maximum Gasteiger partial charge on any atom is 0.356 e. The summed E-state index contributed by atoms with van der Waals surface area (Å²) in [5.41, 5.74) is 2.05. The Hall–Kier alpha value is -2.95. The Morgan fingerprint density at radius 2 is 1.87 bits per heavy atom. The SMILES string of the molecule is COc1ccc(/C=C2/NC(c3ccccc3)OC2=O)c(OC)c1. The molecule has 1 unspecified atom stereocenters. The number of cyclic esters (lactones) is 1. The third kappa shape index (κ3) is 3.13. The highest BCUT2D eigenvalue weighted by Crippen LogP contribution is 2.29. The van der Waals surface area contributed by atoms with Crippen molar-refractivity contribution in [3.8, 4) is 11.5 Å². The highest BCUT2D eigenvalue weighted by atomic mass is 16.6. The zero-order valence-electron chi connectivity index (χ0n) is 12.9. The van der Waals surface area contributed by atoms with Crippen LogP contribution in [0.4, 0.5) is 0 Å². The van der Waals surface area contributed by atoms with Crippen molar-refractivity contribution in [1.29, 1.82) is 0 Å². The summed E-state index contributed by atoms with van der Waals surface area (Å²) < 4.78 is 15.9. The Morgan fingerprint density at radius 3 is 2.57 bits per heavy atom. The van der Waals surface area contributed by atoms with Gasteiger partial charge < -0.3 is 19.5 Å². The van der Waals surface area contributed by atoms with Crippen LogP contribution >= 0.6 is 0 Å². The number of esters is 1. The number of methoxy groups -OCH3 is 2. The molecule has 118 valence electrons. The van der Waals surface area contributed by atoms with E-state index in [0.717, 1.165) is 11.1 Å². The molecule has 2 aromatic carbocycles. The van der Waals surface area contributed by atoms with Crippen LogP contribution in [-0.2, 0) is 9.53 Å². The van der Waals surface area contributed by atoms with Gasteiger partial charge in [0.05, 0.1) is 14.2 Å². The van der Waals surface area contributed by atoms with Crippen molar-refractivity contribution < 1.29 is 19.0 Å². The Kier molecular flexibility index (Phi) is 4.19. The first-order valence-electron chi connectivity index (χ1n) is 7.17. The molecule has 0 aromatic heterocycles. The third-order valence-corrected chi connectivity index (χ3v) is 3.57. The van der Waals surface area contributed by atoms with Crippen LogP contribution in [0, 0.1) is 0 Å². The van der Waals surface area contributed by atoms with E-state index in [2.05, 4.69) is 5.32 Å². The van der Waals surface area contributed by atoms with Gasteiger partial charge in [0.25, 0.3) is 0 Å². The molecule has 3 rings (SSSR count). The Balaban J connectivity index is 1.87. The third-order valence-electron chi connectivity index (χ3n) is 3.57. The lowest BCUT2D eigenvalue weighted by molar-refractivity contribution is -0.139. The average Bonchev–Trinajstić information content (AvgIpc) is 2.97. The molecule has 5 nitrogen and oxygen atoms in total. The van der Waals surface area contributed by atoms with Gasteiger partial charge in [-0.05, 0) is 18.2 Å². The van der Waals surface area contributed by atoms with Crippen molar-refractivity contribution in [3.05, 3.63) is 65.4 Å². The summed E-state index contributed by atoms with van der Waals surface area (Å²) >= 11 is 0. The first-order valence-corrected chi connectivity index (χ1v) is 7.17. The number of hydrogen-bond donors (Lipinski definition) is 1. The van der Waals surface area contributed by atoms with Crippen LogP contribution in [0.5, 0.6) is 11.5 Å². The molecule has 23 heavy (non-hydrogen) atoms. The fraction of sp³-hybridized carbons (Fsp3) is 0.167. The number of rotatable bonds is 4. The van der Waals surface area contributed by atoms with E-state index in [0.29, 0.717) is 17.2 Å². The molecule has 0 radical (unpaired) electrons. The molecular formula is C18H17NO4. The molecule has 0 spiro atoms. The highest BCUT2D eigenvalue weighted by molar-refractivity contribution is 5.95. The molecule has 0 bridgehead atoms.